The van der Waals surface area contributed by atoms with Crippen molar-refractivity contribution in [1.29, 1.82) is 0 Å². The molecule has 0 aliphatic heterocycles. The van der Waals surface area contributed by atoms with Crippen molar-refractivity contribution >= 4 is 21.6 Å². The van der Waals surface area contributed by atoms with Crippen LogP contribution in [-0.4, -0.2) is 25.7 Å². The second-order valence-corrected chi connectivity index (χ2v) is 6.54. The standard InChI is InChI=1S/C11H14ClNO3S/c1-8-2-3-9(12)6-10(8)17(15,16)13-11(7-14)4-5-11/h2-3,6,13-14H,4-5,7H2,1H3. The number of nitrogens with one attached hydrogen (secondary N) is 1. The maximum Gasteiger partial charge on any atom is 0.241 e. The van der Waals surface area contributed by atoms with E-state index in [1.807, 2.05) is 0 Å². The van der Waals surface area contributed by atoms with Gasteiger partial charge in [-0.25, -0.2) is 13.1 Å². The lowest BCUT2D eigenvalue weighted by Crippen LogP contribution is -2.39. The molecule has 0 unspecified atom stereocenters. The Morgan fingerprint density at radius 1 is 1.47 bits per heavy atom. The topological polar surface area (TPSA) is 66.4 Å². The predicted octanol–water partition coefficient (Wildman–Crippen LogP) is 1.45. The summed E-state index contributed by atoms with van der Waals surface area (Å²) in [5.41, 5.74) is -0.0243. The van der Waals surface area contributed by atoms with Crippen LogP contribution in [0.25, 0.3) is 0 Å². The van der Waals surface area contributed by atoms with Gasteiger partial charge in [0.15, 0.2) is 0 Å². The number of rotatable bonds is 4. The second-order valence-electron chi connectivity index (χ2n) is 4.45. The van der Waals surface area contributed by atoms with Crippen LogP contribution in [-0.2, 0) is 10.0 Å². The third-order valence-corrected chi connectivity index (χ3v) is 4.90. The zero-order valence-corrected chi connectivity index (χ0v) is 11.0. The molecule has 6 heteroatoms. The molecule has 0 atom stereocenters. The van der Waals surface area contributed by atoms with Crippen molar-refractivity contribution in [1.82, 2.24) is 4.72 Å². The molecule has 1 aliphatic rings. The molecular weight excluding hydrogens is 262 g/mol. The Balaban J connectivity index is 2.35. The van der Waals surface area contributed by atoms with Gasteiger partial charge in [-0.3, -0.25) is 0 Å². The minimum atomic E-state index is -3.62. The first-order chi connectivity index (χ1) is 7.88. The molecule has 0 aromatic heterocycles. The number of hydrogen-bond donors (Lipinski definition) is 2. The first-order valence-electron chi connectivity index (χ1n) is 5.30. The van der Waals surface area contributed by atoms with Gasteiger partial charge in [-0.05, 0) is 37.5 Å². The molecule has 0 spiro atoms. The van der Waals surface area contributed by atoms with Crippen LogP contribution in [0.15, 0.2) is 23.1 Å². The molecule has 94 valence electrons. The third kappa shape index (κ3) is 2.63. The van der Waals surface area contributed by atoms with E-state index in [9.17, 15) is 8.42 Å². The smallest absolute Gasteiger partial charge is 0.241 e. The molecule has 1 fully saturated rings. The van der Waals surface area contributed by atoms with Gasteiger partial charge in [0.1, 0.15) is 0 Å². The molecule has 1 aromatic rings. The summed E-state index contributed by atoms with van der Waals surface area (Å²) in [5, 5.41) is 9.52. The van der Waals surface area contributed by atoms with Crippen molar-refractivity contribution in [3.05, 3.63) is 28.8 Å². The highest BCUT2D eigenvalue weighted by atomic mass is 35.5. The summed E-state index contributed by atoms with van der Waals surface area (Å²) in [6, 6.07) is 4.73. The van der Waals surface area contributed by atoms with E-state index in [1.54, 1.807) is 19.1 Å². The van der Waals surface area contributed by atoms with Gasteiger partial charge in [0.25, 0.3) is 0 Å². The molecule has 0 radical (unpaired) electrons. The Hall–Kier alpha value is -0.620. The van der Waals surface area contributed by atoms with Gasteiger partial charge in [0, 0.05) is 5.02 Å². The predicted molar refractivity (Wildman–Crippen MR) is 65.6 cm³/mol. The average molecular weight is 276 g/mol. The molecule has 1 aromatic carbocycles. The highest BCUT2D eigenvalue weighted by Crippen LogP contribution is 2.36. The summed E-state index contributed by atoms with van der Waals surface area (Å²) in [6.07, 6.45) is 1.34. The van der Waals surface area contributed by atoms with Gasteiger partial charge < -0.3 is 5.11 Å². The van der Waals surface area contributed by atoms with E-state index in [4.69, 9.17) is 16.7 Å². The Bertz CT molecular complexity index is 538. The first kappa shape index (κ1) is 12.8. The molecule has 0 saturated heterocycles. The molecule has 1 aliphatic carbocycles. The lowest BCUT2D eigenvalue weighted by molar-refractivity contribution is 0.246. The van der Waals surface area contributed by atoms with Crippen LogP contribution < -0.4 is 4.72 Å². The third-order valence-electron chi connectivity index (χ3n) is 2.95. The molecule has 4 nitrogen and oxygen atoms in total. The van der Waals surface area contributed by atoms with E-state index in [1.165, 1.54) is 6.07 Å². The number of sulfonamides is 1. The summed E-state index contributed by atoms with van der Waals surface area (Å²) in [4.78, 5) is 0.171. The van der Waals surface area contributed by atoms with E-state index in [0.29, 0.717) is 23.4 Å². The quantitative estimate of drug-likeness (QED) is 0.874. The van der Waals surface area contributed by atoms with Gasteiger partial charge in [-0.1, -0.05) is 17.7 Å². The van der Waals surface area contributed by atoms with E-state index in [-0.39, 0.29) is 11.5 Å². The number of halogens is 1. The number of benzene rings is 1. The van der Waals surface area contributed by atoms with Crippen molar-refractivity contribution < 1.29 is 13.5 Å². The van der Waals surface area contributed by atoms with E-state index in [0.717, 1.165) is 0 Å². The molecule has 2 N–H and O–H groups in total. The second kappa shape index (κ2) is 4.24. The minimum Gasteiger partial charge on any atom is -0.394 e. The summed E-state index contributed by atoms with van der Waals surface area (Å²) in [5.74, 6) is 0. The highest BCUT2D eigenvalue weighted by Gasteiger charge is 2.45. The SMILES string of the molecule is Cc1ccc(Cl)cc1S(=O)(=O)NC1(CO)CC1. The van der Waals surface area contributed by atoms with Crippen molar-refractivity contribution in [2.75, 3.05) is 6.61 Å². The number of hydrogen-bond acceptors (Lipinski definition) is 3. The maximum atomic E-state index is 12.1. The van der Waals surface area contributed by atoms with Gasteiger partial charge in [0.05, 0.1) is 17.0 Å². The summed E-state index contributed by atoms with van der Waals surface area (Å²) >= 11 is 5.80. The van der Waals surface area contributed by atoms with Gasteiger partial charge in [-0.2, -0.15) is 0 Å². The van der Waals surface area contributed by atoms with Crippen molar-refractivity contribution in [2.45, 2.75) is 30.2 Å². The minimum absolute atomic E-state index is 0.171. The molecule has 2 rings (SSSR count). The first-order valence-corrected chi connectivity index (χ1v) is 7.16. The maximum absolute atomic E-state index is 12.1. The fourth-order valence-corrected chi connectivity index (χ4v) is 3.61. The van der Waals surface area contributed by atoms with E-state index < -0.39 is 15.6 Å². The van der Waals surface area contributed by atoms with Gasteiger partial charge in [-0.15, -0.1) is 0 Å². The zero-order chi connectivity index (χ0) is 12.7. The number of aryl methyl sites for hydroxylation is 1. The molecule has 0 amide bonds. The Morgan fingerprint density at radius 2 is 2.12 bits per heavy atom. The molecule has 17 heavy (non-hydrogen) atoms. The van der Waals surface area contributed by atoms with Crippen LogP contribution in [0.4, 0.5) is 0 Å². The number of aliphatic hydroxyl groups is 1. The van der Waals surface area contributed by atoms with E-state index >= 15 is 0 Å². The van der Waals surface area contributed by atoms with Crippen LogP contribution in [0.3, 0.4) is 0 Å². The van der Waals surface area contributed by atoms with Gasteiger partial charge >= 0.3 is 0 Å². The Kier molecular flexibility index (Phi) is 3.20. The van der Waals surface area contributed by atoms with Crippen LogP contribution in [0.5, 0.6) is 0 Å². The Morgan fingerprint density at radius 3 is 2.65 bits per heavy atom. The summed E-state index contributed by atoms with van der Waals surface area (Å²) < 4.78 is 26.8. The van der Waals surface area contributed by atoms with Crippen LogP contribution in [0.2, 0.25) is 5.02 Å². The average Bonchev–Trinajstić information content (AvgIpc) is 3.01. The molecule has 0 heterocycles. The summed E-state index contributed by atoms with van der Waals surface area (Å²) in [7, 11) is -3.62. The normalized spacial score (nSPS) is 18.1. The zero-order valence-electron chi connectivity index (χ0n) is 9.40. The van der Waals surface area contributed by atoms with Crippen molar-refractivity contribution in [2.24, 2.45) is 0 Å². The monoisotopic (exact) mass is 275 g/mol. The van der Waals surface area contributed by atoms with Crippen molar-refractivity contribution in [3.63, 3.8) is 0 Å². The summed E-state index contributed by atoms with van der Waals surface area (Å²) in [6.45, 7) is 1.54. The molecular formula is C11H14ClNO3S. The fraction of sp³-hybridized carbons (Fsp3) is 0.455. The van der Waals surface area contributed by atoms with Crippen LogP contribution in [0.1, 0.15) is 18.4 Å². The lowest BCUT2D eigenvalue weighted by atomic mass is 10.2. The van der Waals surface area contributed by atoms with E-state index in [2.05, 4.69) is 4.72 Å². The molecule has 1 saturated carbocycles. The molecule has 0 bridgehead atoms. The highest BCUT2D eigenvalue weighted by molar-refractivity contribution is 7.89. The van der Waals surface area contributed by atoms with Gasteiger partial charge in [0.2, 0.25) is 10.0 Å². The van der Waals surface area contributed by atoms with Crippen molar-refractivity contribution in [3.8, 4) is 0 Å². The van der Waals surface area contributed by atoms with Crippen LogP contribution >= 0.6 is 11.6 Å². The van der Waals surface area contributed by atoms with Crippen LogP contribution in [0, 0.1) is 6.92 Å². The number of aliphatic hydroxyl groups excluding tert-OH is 1. The Labute approximate surface area is 106 Å². The largest absolute Gasteiger partial charge is 0.394 e. The fourth-order valence-electron chi connectivity index (χ4n) is 1.65. The lowest BCUT2D eigenvalue weighted by Gasteiger charge is -2.16.